The average Bonchev–Trinajstić information content (AvgIpc) is 2.93. The number of methoxy groups -OCH3 is 1. The Bertz CT molecular complexity index is 673. The highest BCUT2D eigenvalue weighted by molar-refractivity contribution is 5.78. The Morgan fingerprint density at radius 3 is 3.05 bits per heavy atom. The molecule has 0 radical (unpaired) electrons. The molecule has 0 amide bonds. The maximum Gasteiger partial charge on any atom is 0.153 e. The molecule has 2 rings (SSSR count). The first-order valence-corrected chi connectivity index (χ1v) is 6.57. The maximum absolute atomic E-state index is 11.1. The molecule has 110 valence electrons. The maximum atomic E-state index is 11.1. The standard InChI is InChI=1S/C16H18N2O3/c1-12(20-3)8-14(10-19)13(2)21-11-16-5-4-15-9-17-6-7-18(15)16/h4-10,12H,2,11H2,1,3H3/b14-8-. The normalized spacial score (nSPS) is 13.1. The van der Waals surface area contributed by atoms with E-state index >= 15 is 0 Å². The molecule has 21 heavy (non-hydrogen) atoms. The summed E-state index contributed by atoms with van der Waals surface area (Å²) in [7, 11) is 1.58. The van der Waals surface area contributed by atoms with Crippen molar-refractivity contribution in [2.75, 3.05) is 7.11 Å². The second-order valence-corrected chi connectivity index (χ2v) is 4.59. The first-order valence-electron chi connectivity index (χ1n) is 6.57. The van der Waals surface area contributed by atoms with Crippen LogP contribution in [0.2, 0.25) is 0 Å². The fourth-order valence-corrected chi connectivity index (χ4v) is 1.90. The van der Waals surface area contributed by atoms with Crippen LogP contribution in [0.1, 0.15) is 12.6 Å². The van der Waals surface area contributed by atoms with Gasteiger partial charge >= 0.3 is 0 Å². The summed E-state index contributed by atoms with van der Waals surface area (Å²) in [5, 5.41) is 0. The van der Waals surface area contributed by atoms with Crippen molar-refractivity contribution in [1.29, 1.82) is 0 Å². The minimum atomic E-state index is -0.175. The van der Waals surface area contributed by atoms with Gasteiger partial charge in [0.1, 0.15) is 12.4 Å². The highest BCUT2D eigenvalue weighted by Gasteiger charge is 2.08. The van der Waals surface area contributed by atoms with E-state index < -0.39 is 0 Å². The Morgan fingerprint density at radius 1 is 1.52 bits per heavy atom. The summed E-state index contributed by atoms with van der Waals surface area (Å²) in [4.78, 5) is 15.1. The van der Waals surface area contributed by atoms with Gasteiger partial charge in [0.25, 0.3) is 0 Å². The van der Waals surface area contributed by atoms with Crippen LogP contribution in [0, 0.1) is 0 Å². The van der Waals surface area contributed by atoms with Gasteiger partial charge in [-0.1, -0.05) is 6.58 Å². The minimum absolute atomic E-state index is 0.175. The summed E-state index contributed by atoms with van der Waals surface area (Å²) in [6, 6.07) is 3.91. The molecular weight excluding hydrogens is 268 g/mol. The van der Waals surface area contributed by atoms with Gasteiger partial charge in [-0.2, -0.15) is 0 Å². The smallest absolute Gasteiger partial charge is 0.153 e. The van der Waals surface area contributed by atoms with Crippen LogP contribution in [0.5, 0.6) is 0 Å². The number of fused-ring (bicyclic) bond motifs is 1. The fourth-order valence-electron chi connectivity index (χ4n) is 1.90. The molecule has 5 heteroatoms. The molecule has 0 aliphatic rings. The van der Waals surface area contributed by atoms with Crippen LogP contribution in [0.3, 0.4) is 0 Å². The topological polar surface area (TPSA) is 52.8 Å². The molecule has 0 saturated heterocycles. The van der Waals surface area contributed by atoms with E-state index in [0.29, 0.717) is 17.9 Å². The number of hydrogen-bond donors (Lipinski definition) is 0. The van der Waals surface area contributed by atoms with Crippen LogP contribution in [0.25, 0.3) is 5.52 Å². The van der Waals surface area contributed by atoms with E-state index in [4.69, 9.17) is 9.47 Å². The molecule has 0 fully saturated rings. The molecule has 2 heterocycles. The molecule has 2 aromatic rings. The summed E-state index contributed by atoms with van der Waals surface area (Å²) in [5.41, 5.74) is 2.34. The molecule has 1 unspecified atom stereocenters. The van der Waals surface area contributed by atoms with Gasteiger partial charge in [0, 0.05) is 19.5 Å². The number of carbonyl (C=O) groups excluding carboxylic acids is 1. The molecular formula is C16H18N2O3. The Hall–Kier alpha value is -2.40. The van der Waals surface area contributed by atoms with Crippen molar-refractivity contribution in [3.05, 3.63) is 60.4 Å². The van der Waals surface area contributed by atoms with E-state index in [0.717, 1.165) is 17.5 Å². The number of ether oxygens (including phenoxy) is 2. The van der Waals surface area contributed by atoms with E-state index in [1.165, 1.54) is 0 Å². The van der Waals surface area contributed by atoms with Crippen molar-refractivity contribution in [1.82, 2.24) is 9.38 Å². The molecule has 0 aromatic carbocycles. The van der Waals surface area contributed by atoms with Gasteiger partial charge in [0.15, 0.2) is 6.29 Å². The molecule has 1 atom stereocenters. The lowest BCUT2D eigenvalue weighted by atomic mass is 10.2. The molecule has 0 N–H and O–H groups in total. The summed E-state index contributed by atoms with van der Waals surface area (Å²) < 4.78 is 12.7. The Labute approximate surface area is 123 Å². The van der Waals surface area contributed by atoms with Crippen molar-refractivity contribution >= 4 is 11.8 Å². The van der Waals surface area contributed by atoms with E-state index in [1.54, 1.807) is 25.6 Å². The van der Waals surface area contributed by atoms with Crippen LogP contribution >= 0.6 is 0 Å². The number of allylic oxidation sites excluding steroid dienone is 1. The fraction of sp³-hybridized carbons (Fsp3) is 0.250. The van der Waals surface area contributed by atoms with Crippen molar-refractivity contribution in [3.8, 4) is 0 Å². The first kappa shape index (κ1) is 15.0. The van der Waals surface area contributed by atoms with Crippen LogP contribution < -0.4 is 0 Å². The predicted octanol–water partition coefficient (Wildman–Crippen LogP) is 2.52. The van der Waals surface area contributed by atoms with Gasteiger partial charge in [-0.3, -0.25) is 9.78 Å². The zero-order valence-electron chi connectivity index (χ0n) is 12.2. The molecule has 0 aliphatic heterocycles. The zero-order chi connectivity index (χ0) is 15.2. The number of aromatic nitrogens is 2. The minimum Gasteiger partial charge on any atom is -0.487 e. The van der Waals surface area contributed by atoms with E-state index in [9.17, 15) is 4.79 Å². The Kier molecular flexibility index (Phi) is 4.90. The lowest BCUT2D eigenvalue weighted by molar-refractivity contribution is -0.105. The molecule has 2 aromatic heterocycles. The van der Waals surface area contributed by atoms with Gasteiger partial charge in [-0.15, -0.1) is 0 Å². The van der Waals surface area contributed by atoms with Crippen molar-refractivity contribution in [3.63, 3.8) is 0 Å². The monoisotopic (exact) mass is 286 g/mol. The van der Waals surface area contributed by atoms with Gasteiger partial charge in [0.2, 0.25) is 0 Å². The van der Waals surface area contributed by atoms with Crippen LogP contribution in [0.4, 0.5) is 0 Å². The van der Waals surface area contributed by atoms with Crippen LogP contribution in [0.15, 0.2) is 54.7 Å². The van der Waals surface area contributed by atoms with E-state index in [2.05, 4.69) is 11.6 Å². The summed E-state index contributed by atoms with van der Waals surface area (Å²) in [6.45, 7) is 5.95. The van der Waals surface area contributed by atoms with Crippen LogP contribution in [-0.4, -0.2) is 28.9 Å². The Morgan fingerprint density at radius 2 is 2.33 bits per heavy atom. The van der Waals surface area contributed by atoms with Crippen molar-refractivity contribution in [2.24, 2.45) is 0 Å². The zero-order valence-corrected chi connectivity index (χ0v) is 12.2. The lowest BCUT2D eigenvalue weighted by Crippen LogP contribution is -2.05. The first-order chi connectivity index (χ1) is 10.2. The summed E-state index contributed by atoms with van der Waals surface area (Å²) in [6.07, 6.45) is 7.57. The number of nitrogens with zero attached hydrogens (tertiary/aromatic N) is 2. The molecule has 0 spiro atoms. The summed E-state index contributed by atoms with van der Waals surface area (Å²) >= 11 is 0. The number of aldehydes is 1. The highest BCUT2D eigenvalue weighted by Crippen LogP contribution is 2.14. The van der Waals surface area contributed by atoms with Gasteiger partial charge < -0.3 is 13.9 Å². The van der Waals surface area contributed by atoms with E-state index in [1.807, 2.05) is 29.7 Å². The van der Waals surface area contributed by atoms with Crippen LogP contribution in [-0.2, 0) is 20.9 Å². The number of hydrogen-bond acceptors (Lipinski definition) is 4. The SMILES string of the molecule is C=C(OCc1ccc2cnccn12)/C(C=O)=C\C(C)OC. The largest absolute Gasteiger partial charge is 0.487 e. The lowest BCUT2D eigenvalue weighted by Gasteiger charge is -2.11. The third-order valence-electron chi connectivity index (χ3n) is 3.17. The van der Waals surface area contributed by atoms with Gasteiger partial charge in [-0.25, -0.2) is 0 Å². The third kappa shape index (κ3) is 3.58. The molecule has 0 bridgehead atoms. The van der Waals surface area contributed by atoms with Crippen molar-refractivity contribution < 1.29 is 14.3 Å². The Balaban J connectivity index is 2.06. The quantitative estimate of drug-likeness (QED) is 0.340. The molecule has 0 aliphatic carbocycles. The third-order valence-corrected chi connectivity index (χ3v) is 3.17. The highest BCUT2D eigenvalue weighted by atomic mass is 16.5. The average molecular weight is 286 g/mol. The number of carbonyl (C=O) groups is 1. The summed E-state index contributed by atoms with van der Waals surface area (Å²) in [5.74, 6) is 0.331. The molecule has 0 saturated carbocycles. The second-order valence-electron chi connectivity index (χ2n) is 4.59. The van der Waals surface area contributed by atoms with E-state index in [-0.39, 0.29) is 6.10 Å². The predicted molar refractivity (Wildman–Crippen MR) is 79.7 cm³/mol. The molecule has 5 nitrogen and oxygen atoms in total. The van der Waals surface area contributed by atoms with Gasteiger partial charge in [0.05, 0.1) is 29.1 Å². The second kappa shape index (κ2) is 6.85. The van der Waals surface area contributed by atoms with Gasteiger partial charge in [-0.05, 0) is 25.1 Å². The van der Waals surface area contributed by atoms with Crippen molar-refractivity contribution in [2.45, 2.75) is 19.6 Å². The number of rotatable bonds is 7.